The van der Waals surface area contributed by atoms with Crippen molar-refractivity contribution in [1.82, 2.24) is 9.80 Å². The molecule has 0 aromatic carbocycles. The Morgan fingerprint density at radius 2 is 1.92 bits per heavy atom. The topological polar surface area (TPSA) is 76.1 Å². The van der Waals surface area contributed by atoms with Gasteiger partial charge in [-0.05, 0) is 37.0 Å². The third-order valence-electron chi connectivity index (χ3n) is 8.63. The molecule has 26 heavy (non-hydrogen) atoms. The summed E-state index contributed by atoms with van der Waals surface area (Å²) in [6.45, 7) is 4.91. The van der Waals surface area contributed by atoms with Gasteiger partial charge in [-0.2, -0.15) is 0 Å². The first kappa shape index (κ1) is 16.5. The number of cyclic esters (lactones) is 1. The number of nitrogens with zero attached hydrogens (tertiary/aromatic N) is 2. The third-order valence-corrected chi connectivity index (χ3v) is 8.63. The number of amides is 2. The summed E-state index contributed by atoms with van der Waals surface area (Å²) in [5.41, 5.74) is -2.55. The average molecular weight is 362 g/mol. The molecule has 2 bridgehead atoms. The quantitative estimate of drug-likeness (QED) is 0.648. The van der Waals surface area contributed by atoms with Crippen LogP contribution in [0.25, 0.3) is 0 Å². The van der Waals surface area contributed by atoms with Crippen molar-refractivity contribution in [2.24, 2.45) is 16.7 Å². The Labute approximate surface area is 153 Å². The fourth-order valence-corrected chi connectivity index (χ4v) is 7.25. The van der Waals surface area contributed by atoms with Gasteiger partial charge < -0.3 is 19.3 Å². The standard InChI is InChI=1S/C19H26N2O5/c1-16(2)11-8-18-6-5-7-21(18)14(24)19(11,20(3)13(18)23)10-17(16)9-12(22)26-15(17)25-4/h11,15H,5-10H2,1-4H3/t11-,15-,17+,18-,19-/m1/s1. The maximum Gasteiger partial charge on any atom is 0.308 e. The van der Waals surface area contributed by atoms with Crippen LogP contribution in [0, 0.1) is 16.7 Å². The maximum absolute atomic E-state index is 13.7. The van der Waals surface area contributed by atoms with Crippen LogP contribution in [0.5, 0.6) is 0 Å². The Balaban J connectivity index is 1.73. The van der Waals surface area contributed by atoms with Crippen molar-refractivity contribution in [3.05, 3.63) is 0 Å². The molecule has 1 aliphatic carbocycles. The molecule has 0 radical (unpaired) electrons. The average Bonchev–Trinajstić information content (AvgIpc) is 3.21. The zero-order chi connectivity index (χ0) is 18.7. The van der Waals surface area contributed by atoms with E-state index in [1.807, 2.05) is 4.90 Å². The highest BCUT2D eigenvalue weighted by atomic mass is 16.7. The molecule has 5 saturated heterocycles. The summed E-state index contributed by atoms with van der Waals surface area (Å²) in [6.07, 6.45) is 2.28. The van der Waals surface area contributed by atoms with E-state index in [1.54, 1.807) is 19.1 Å². The Morgan fingerprint density at radius 3 is 2.62 bits per heavy atom. The van der Waals surface area contributed by atoms with Gasteiger partial charge in [0, 0.05) is 20.7 Å². The molecule has 1 saturated carbocycles. The van der Waals surface area contributed by atoms with E-state index in [9.17, 15) is 14.4 Å². The molecule has 3 spiro atoms. The number of carbonyl (C=O) groups excluding carboxylic acids is 3. The molecule has 5 atom stereocenters. The molecule has 5 aliphatic heterocycles. The van der Waals surface area contributed by atoms with Gasteiger partial charge in [0.25, 0.3) is 0 Å². The van der Waals surface area contributed by atoms with E-state index >= 15 is 0 Å². The van der Waals surface area contributed by atoms with Crippen LogP contribution in [0.2, 0.25) is 0 Å². The molecule has 2 amide bonds. The zero-order valence-corrected chi connectivity index (χ0v) is 15.8. The van der Waals surface area contributed by atoms with Crippen LogP contribution in [-0.2, 0) is 23.9 Å². The van der Waals surface area contributed by atoms with E-state index in [-0.39, 0.29) is 35.5 Å². The number of carbonyl (C=O) groups is 3. The molecule has 7 heteroatoms. The number of hydrogen-bond acceptors (Lipinski definition) is 5. The summed E-state index contributed by atoms with van der Waals surface area (Å²) < 4.78 is 11.1. The molecule has 0 N–H and O–H groups in total. The lowest BCUT2D eigenvalue weighted by molar-refractivity contribution is -0.195. The van der Waals surface area contributed by atoms with Crippen LogP contribution in [0.1, 0.15) is 46.0 Å². The largest absolute Gasteiger partial charge is 0.435 e. The Hall–Kier alpha value is -1.63. The molecule has 0 unspecified atom stereocenters. The van der Waals surface area contributed by atoms with Crippen LogP contribution in [0.15, 0.2) is 0 Å². The second-order valence-corrected chi connectivity index (χ2v) is 9.43. The van der Waals surface area contributed by atoms with Gasteiger partial charge in [-0.25, -0.2) is 0 Å². The van der Waals surface area contributed by atoms with Gasteiger partial charge in [0.2, 0.25) is 18.1 Å². The zero-order valence-electron chi connectivity index (χ0n) is 15.8. The summed E-state index contributed by atoms with van der Waals surface area (Å²) in [4.78, 5) is 42.8. The highest BCUT2D eigenvalue weighted by Crippen LogP contribution is 2.72. The minimum absolute atomic E-state index is 0.00769. The first-order valence-electron chi connectivity index (χ1n) is 9.50. The molecule has 6 aliphatic rings. The highest BCUT2D eigenvalue weighted by Gasteiger charge is 2.82. The van der Waals surface area contributed by atoms with E-state index < -0.39 is 22.8 Å². The lowest BCUT2D eigenvalue weighted by Gasteiger charge is -2.62. The van der Waals surface area contributed by atoms with Gasteiger partial charge in [-0.1, -0.05) is 13.8 Å². The lowest BCUT2D eigenvalue weighted by atomic mass is 9.57. The lowest BCUT2D eigenvalue weighted by Crippen LogP contribution is -2.81. The number of piperazine rings is 1. The molecule has 5 heterocycles. The van der Waals surface area contributed by atoms with Gasteiger partial charge in [-0.3, -0.25) is 14.4 Å². The monoisotopic (exact) mass is 362 g/mol. The van der Waals surface area contributed by atoms with Crippen molar-refractivity contribution in [2.75, 3.05) is 20.7 Å². The number of ether oxygens (including phenoxy) is 2. The maximum atomic E-state index is 13.7. The molecule has 0 aromatic heterocycles. The number of hydrogen-bond donors (Lipinski definition) is 0. The van der Waals surface area contributed by atoms with Gasteiger partial charge in [-0.15, -0.1) is 0 Å². The van der Waals surface area contributed by atoms with Gasteiger partial charge >= 0.3 is 5.97 Å². The molecule has 142 valence electrons. The van der Waals surface area contributed by atoms with Gasteiger partial charge in [0.1, 0.15) is 11.1 Å². The van der Waals surface area contributed by atoms with E-state index in [2.05, 4.69) is 13.8 Å². The Morgan fingerprint density at radius 1 is 1.19 bits per heavy atom. The normalized spacial score (nSPS) is 48.4. The first-order chi connectivity index (χ1) is 12.2. The fraction of sp³-hybridized carbons (Fsp3) is 0.842. The summed E-state index contributed by atoms with van der Waals surface area (Å²) in [5, 5.41) is 0. The minimum atomic E-state index is -0.891. The Bertz CT molecular complexity index is 750. The van der Waals surface area contributed by atoms with Crippen LogP contribution in [-0.4, -0.2) is 65.7 Å². The smallest absolute Gasteiger partial charge is 0.308 e. The number of rotatable bonds is 1. The number of fused-ring (bicyclic) bond motifs is 1. The predicted octanol–water partition coefficient (Wildman–Crippen LogP) is 0.914. The molecule has 6 fully saturated rings. The fourth-order valence-electron chi connectivity index (χ4n) is 7.25. The van der Waals surface area contributed by atoms with Crippen molar-refractivity contribution in [1.29, 1.82) is 0 Å². The summed E-state index contributed by atoms with van der Waals surface area (Å²) in [5.74, 6) is -0.160. The second kappa shape index (κ2) is 4.43. The molecular formula is C19H26N2O5. The molecular weight excluding hydrogens is 336 g/mol. The van der Waals surface area contributed by atoms with Crippen molar-refractivity contribution in [3.63, 3.8) is 0 Å². The second-order valence-electron chi connectivity index (χ2n) is 9.43. The van der Waals surface area contributed by atoms with Crippen LogP contribution < -0.4 is 0 Å². The predicted molar refractivity (Wildman–Crippen MR) is 89.6 cm³/mol. The van der Waals surface area contributed by atoms with Crippen LogP contribution >= 0.6 is 0 Å². The SMILES string of the molecule is CO[C@@H]1OC(=O)C[C@]12C[C@]13C(=O)N4CCC[C@@]4(C[C@@H]1C2(C)C)C(=O)N3C. The number of methoxy groups -OCH3 is 1. The molecule has 6 rings (SSSR count). The summed E-state index contributed by atoms with van der Waals surface area (Å²) >= 11 is 0. The Kier molecular flexibility index (Phi) is 2.82. The van der Waals surface area contributed by atoms with Crippen molar-refractivity contribution in [2.45, 2.75) is 63.3 Å². The number of esters is 1. The highest BCUT2D eigenvalue weighted by molar-refractivity contribution is 6.05. The van der Waals surface area contributed by atoms with Crippen LogP contribution in [0.4, 0.5) is 0 Å². The van der Waals surface area contributed by atoms with Crippen LogP contribution in [0.3, 0.4) is 0 Å². The first-order valence-corrected chi connectivity index (χ1v) is 9.50. The van der Waals surface area contributed by atoms with Crippen molar-refractivity contribution in [3.8, 4) is 0 Å². The van der Waals surface area contributed by atoms with Crippen molar-refractivity contribution < 1.29 is 23.9 Å². The third kappa shape index (κ3) is 1.37. The van der Waals surface area contributed by atoms with Crippen molar-refractivity contribution >= 4 is 17.8 Å². The number of likely N-dealkylation sites (N-methyl/N-ethyl adjacent to an activating group) is 1. The van der Waals surface area contributed by atoms with E-state index in [0.717, 1.165) is 12.8 Å². The molecule has 0 aromatic rings. The summed E-state index contributed by atoms with van der Waals surface area (Å²) in [7, 11) is 3.32. The van der Waals surface area contributed by atoms with E-state index in [4.69, 9.17) is 9.47 Å². The van der Waals surface area contributed by atoms with Gasteiger partial charge in [0.05, 0.1) is 11.8 Å². The van der Waals surface area contributed by atoms with E-state index in [0.29, 0.717) is 19.4 Å². The number of piperidine rings is 2. The molecule has 7 nitrogen and oxygen atoms in total. The summed E-state index contributed by atoms with van der Waals surface area (Å²) in [6, 6.07) is 0. The van der Waals surface area contributed by atoms with E-state index in [1.165, 1.54) is 0 Å². The van der Waals surface area contributed by atoms with Gasteiger partial charge in [0.15, 0.2) is 0 Å². The minimum Gasteiger partial charge on any atom is -0.435 e.